The van der Waals surface area contributed by atoms with Crippen LogP contribution in [0.25, 0.3) is 11.1 Å². The smallest absolute Gasteiger partial charge is 0.344 e. The van der Waals surface area contributed by atoms with Gasteiger partial charge in [-0.1, -0.05) is 55.0 Å². The number of hydrogen-bond acceptors (Lipinski definition) is 4. The quantitative estimate of drug-likeness (QED) is 0.396. The molecule has 2 aromatic rings. The fourth-order valence-electron chi connectivity index (χ4n) is 8.50. The van der Waals surface area contributed by atoms with E-state index in [9.17, 15) is 9.59 Å². The van der Waals surface area contributed by atoms with Crippen LogP contribution in [0.3, 0.4) is 0 Å². The second kappa shape index (κ2) is 10.1. The molecule has 0 aromatic heterocycles. The normalized spacial score (nSPS) is 32.5. The molecular weight excluding hydrogens is 460 g/mol. The van der Waals surface area contributed by atoms with E-state index >= 15 is 0 Å². The van der Waals surface area contributed by atoms with Gasteiger partial charge in [0.05, 0.1) is 0 Å². The van der Waals surface area contributed by atoms with Crippen LogP contribution in [0, 0.1) is 29.1 Å². The Morgan fingerprint density at radius 1 is 0.892 bits per heavy atom. The Kier molecular flexibility index (Phi) is 6.69. The van der Waals surface area contributed by atoms with Crippen molar-refractivity contribution >= 4 is 11.8 Å². The summed E-state index contributed by atoms with van der Waals surface area (Å²) in [6.45, 7) is 2.24. The Hall–Kier alpha value is -2.88. The van der Waals surface area contributed by atoms with E-state index in [4.69, 9.17) is 9.47 Å². The molecule has 6 unspecified atom stereocenters. The molecule has 0 heterocycles. The predicted octanol–water partition coefficient (Wildman–Crippen LogP) is 7.18. The lowest BCUT2D eigenvalue weighted by atomic mass is 9.51. The second-order valence-corrected chi connectivity index (χ2v) is 11.7. The van der Waals surface area contributed by atoms with Gasteiger partial charge in [-0.3, -0.25) is 4.79 Å². The SMILES string of the molecule is CCC12CCC3C4CCC(=O)C=C4CCC3C1CCC2OC(=O)COc1ccc(-c2ccccc2)cc1. The minimum absolute atomic E-state index is 0.00937. The van der Waals surface area contributed by atoms with Crippen molar-refractivity contribution in [1.29, 1.82) is 0 Å². The molecule has 4 aliphatic carbocycles. The van der Waals surface area contributed by atoms with Crippen molar-refractivity contribution in [2.45, 2.75) is 70.8 Å². The van der Waals surface area contributed by atoms with Crippen LogP contribution in [0.2, 0.25) is 0 Å². The van der Waals surface area contributed by atoms with Gasteiger partial charge in [0.25, 0.3) is 0 Å². The van der Waals surface area contributed by atoms with Crippen LogP contribution in [0.4, 0.5) is 0 Å². The van der Waals surface area contributed by atoms with Crippen LogP contribution >= 0.6 is 0 Å². The highest BCUT2D eigenvalue weighted by Gasteiger charge is 2.58. The Balaban J connectivity index is 1.08. The molecule has 0 spiro atoms. The van der Waals surface area contributed by atoms with E-state index < -0.39 is 0 Å². The fourth-order valence-corrected chi connectivity index (χ4v) is 8.50. The number of carbonyl (C=O) groups is 2. The summed E-state index contributed by atoms with van der Waals surface area (Å²) in [5, 5.41) is 0. The van der Waals surface area contributed by atoms with Crippen LogP contribution in [0.1, 0.15) is 64.7 Å². The minimum Gasteiger partial charge on any atom is -0.482 e. The Labute approximate surface area is 220 Å². The lowest BCUT2D eigenvalue weighted by molar-refractivity contribution is -0.163. The van der Waals surface area contributed by atoms with E-state index in [-0.39, 0.29) is 24.1 Å². The lowest BCUT2D eigenvalue weighted by Crippen LogP contribution is -2.49. The molecule has 0 amide bonds. The molecule has 37 heavy (non-hydrogen) atoms. The van der Waals surface area contributed by atoms with Crippen molar-refractivity contribution in [2.75, 3.05) is 6.61 Å². The summed E-state index contributed by atoms with van der Waals surface area (Å²) in [6.07, 6.45) is 11.5. The van der Waals surface area contributed by atoms with Gasteiger partial charge in [-0.25, -0.2) is 4.79 Å². The molecule has 4 nitrogen and oxygen atoms in total. The molecule has 6 rings (SSSR count). The van der Waals surface area contributed by atoms with Crippen molar-refractivity contribution in [3.63, 3.8) is 0 Å². The van der Waals surface area contributed by atoms with Gasteiger partial charge < -0.3 is 9.47 Å². The highest BCUT2D eigenvalue weighted by Crippen LogP contribution is 2.63. The monoisotopic (exact) mass is 498 g/mol. The summed E-state index contributed by atoms with van der Waals surface area (Å²) in [7, 11) is 0. The van der Waals surface area contributed by atoms with Gasteiger partial charge in [0.2, 0.25) is 0 Å². The first-order valence-corrected chi connectivity index (χ1v) is 14.3. The summed E-state index contributed by atoms with van der Waals surface area (Å²) in [5.41, 5.74) is 3.81. The third-order valence-electron chi connectivity index (χ3n) is 10.2. The number of ketones is 1. The molecule has 2 aromatic carbocycles. The topological polar surface area (TPSA) is 52.6 Å². The van der Waals surface area contributed by atoms with Crippen LogP contribution < -0.4 is 4.74 Å². The first-order chi connectivity index (χ1) is 18.1. The van der Waals surface area contributed by atoms with Crippen LogP contribution in [-0.2, 0) is 14.3 Å². The fraction of sp³-hybridized carbons (Fsp3) is 0.515. The van der Waals surface area contributed by atoms with Gasteiger partial charge in [0.1, 0.15) is 11.9 Å². The van der Waals surface area contributed by atoms with Crippen LogP contribution in [-0.4, -0.2) is 24.5 Å². The molecule has 0 radical (unpaired) electrons. The standard InChI is InChI=1S/C33H38O4/c1-2-33-19-18-28-27-15-11-25(34)20-24(27)10-14-29(28)30(33)16-17-31(33)37-32(35)21-36-26-12-8-23(9-13-26)22-6-4-3-5-7-22/h3-9,12-13,20,27-31H,2,10-11,14-19,21H2,1H3. The van der Waals surface area contributed by atoms with Gasteiger partial charge in [0.15, 0.2) is 12.4 Å². The first kappa shape index (κ1) is 24.5. The van der Waals surface area contributed by atoms with Crippen molar-refractivity contribution in [3.05, 3.63) is 66.2 Å². The van der Waals surface area contributed by atoms with E-state index in [1.165, 1.54) is 18.4 Å². The number of ether oxygens (including phenoxy) is 2. The number of rotatable bonds is 6. The number of benzene rings is 2. The van der Waals surface area contributed by atoms with E-state index in [1.807, 2.05) is 48.5 Å². The number of esters is 1. The summed E-state index contributed by atoms with van der Waals surface area (Å²) in [4.78, 5) is 24.9. The Morgan fingerprint density at radius 3 is 2.46 bits per heavy atom. The zero-order chi connectivity index (χ0) is 25.4. The number of hydrogen-bond donors (Lipinski definition) is 0. The third-order valence-corrected chi connectivity index (χ3v) is 10.2. The highest BCUT2D eigenvalue weighted by atomic mass is 16.6. The van der Waals surface area contributed by atoms with E-state index in [0.29, 0.717) is 35.2 Å². The summed E-state index contributed by atoms with van der Waals surface area (Å²) in [5.74, 6) is 3.39. The van der Waals surface area contributed by atoms with Crippen molar-refractivity contribution in [1.82, 2.24) is 0 Å². The Bertz CT molecular complexity index is 1170. The molecule has 3 fully saturated rings. The molecular formula is C33H38O4. The number of carbonyl (C=O) groups excluding carboxylic acids is 2. The maximum Gasteiger partial charge on any atom is 0.344 e. The van der Waals surface area contributed by atoms with Gasteiger partial charge in [-0.05, 0) is 104 Å². The minimum atomic E-state index is -0.257. The first-order valence-electron chi connectivity index (χ1n) is 14.3. The van der Waals surface area contributed by atoms with Gasteiger partial charge >= 0.3 is 5.97 Å². The van der Waals surface area contributed by atoms with Gasteiger partial charge in [0, 0.05) is 11.8 Å². The second-order valence-electron chi connectivity index (χ2n) is 11.7. The number of fused-ring (bicyclic) bond motifs is 5. The molecule has 0 bridgehead atoms. The maximum atomic E-state index is 12.9. The highest BCUT2D eigenvalue weighted by molar-refractivity contribution is 5.91. The van der Waals surface area contributed by atoms with Crippen LogP contribution in [0.5, 0.6) is 5.75 Å². The van der Waals surface area contributed by atoms with E-state index in [0.717, 1.165) is 56.1 Å². The van der Waals surface area contributed by atoms with Crippen molar-refractivity contribution in [3.8, 4) is 16.9 Å². The van der Waals surface area contributed by atoms with E-state index in [1.54, 1.807) is 0 Å². The Morgan fingerprint density at radius 2 is 1.68 bits per heavy atom. The zero-order valence-electron chi connectivity index (χ0n) is 21.9. The molecule has 3 saturated carbocycles. The molecule has 0 N–H and O–H groups in total. The molecule has 4 aliphatic rings. The lowest BCUT2D eigenvalue weighted by Gasteiger charge is -2.54. The molecule has 4 heteroatoms. The van der Waals surface area contributed by atoms with Crippen LogP contribution in [0.15, 0.2) is 66.2 Å². The zero-order valence-corrected chi connectivity index (χ0v) is 21.9. The molecule has 6 atom stereocenters. The van der Waals surface area contributed by atoms with E-state index in [2.05, 4.69) is 19.1 Å². The summed E-state index contributed by atoms with van der Waals surface area (Å²) >= 11 is 0. The largest absolute Gasteiger partial charge is 0.482 e. The van der Waals surface area contributed by atoms with Gasteiger partial charge in [-0.2, -0.15) is 0 Å². The van der Waals surface area contributed by atoms with Gasteiger partial charge in [-0.15, -0.1) is 0 Å². The molecule has 0 saturated heterocycles. The van der Waals surface area contributed by atoms with Crippen molar-refractivity contribution < 1.29 is 19.1 Å². The average Bonchev–Trinajstić information content (AvgIpc) is 3.31. The summed E-state index contributed by atoms with van der Waals surface area (Å²) < 4.78 is 12.0. The summed E-state index contributed by atoms with van der Waals surface area (Å²) in [6, 6.07) is 18.1. The maximum absolute atomic E-state index is 12.9. The molecule has 194 valence electrons. The van der Waals surface area contributed by atoms with Crippen molar-refractivity contribution in [2.24, 2.45) is 29.1 Å². The third kappa shape index (κ3) is 4.53. The predicted molar refractivity (Wildman–Crippen MR) is 144 cm³/mol. The average molecular weight is 499 g/mol. The molecule has 0 aliphatic heterocycles. The number of allylic oxidation sites excluding steroid dienone is 1.